The molecule has 2 aliphatic rings. The maximum atomic E-state index is 9.90. The first-order chi connectivity index (χ1) is 14.4. The molecule has 0 bridgehead atoms. The molecule has 0 heterocycles. The van der Waals surface area contributed by atoms with E-state index in [9.17, 15) is 5.11 Å². The van der Waals surface area contributed by atoms with Crippen LogP contribution in [0.2, 0.25) is 41.3 Å². The Bertz CT molecular complexity index is 888. The SMILES string of the molecule is CC[Si](CC)(CC)O[C@]12C(=Cc3c(Cl)cc(CO)cc31)C=C[C@@H]2O[Si](C)(C)C(C)(C)C. The first-order valence-corrected chi connectivity index (χ1v) is 17.4. The Morgan fingerprint density at radius 1 is 1.10 bits per heavy atom. The lowest BCUT2D eigenvalue weighted by Crippen LogP contribution is -2.54. The molecule has 0 radical (unpaired) electrons. The van der Waals surface area contributed by atoms with Crippen molar-refractivity contribution in [1.29, 1.82) is 0 Å². The van der Waals surface area contributed by atoms with Gasteiger partial charge in [0.25, 0.3) is 0 Å². The van der Waals surface area contributed by atoms with E-state index >= 15 is 0 Å². The van der Waals surface area contributed by atoms with Crippen molar-refractivity contribution in [2.75, 3.05) is 0 Å². The first kappa shape index (κ1) is 24.9. The highest BCUT2D eigenvalue weighted by molar-refractivity contribution is 6.74. The molecule has 0 unspecified atom stereocenters. The molecular weight excluding hydrogens is 440 g/mol. The molecule has 1 N–H and O–H groups in total. The third-order valence-electron chi connectivity index (χ3n) is 7.89. The maximum absolute atomic E-state index is 9.90. The zero-order valence-electron chi connectivity index (χ0n) is 20.4. The lowest BCUT2D eigenvalue weighted by Gasteiger charge is -2.47. The van der Waals surface area contributed by atoms with E-state index in [0.29, 0.717) is 5.02 Å². The summed E-state index contributed by atoms with van der Waals surface area (Å²) in [6.07, 6.45) is 6.34. The van der Waals surface area contributed by atoms with Crippen molar-refractivity contribution < 1.29 is 14.0 Å². The Kier molecular flexibility index (Phi) is 6.90. The standard InChI is InChI=1S/C25H39ClO3Si2/c1-9-31(10-2,11-3)29-25-19(12-13-23(25)28-30(7,8)24(4,5)6)16-20-21(25)14-18(17-27)15-22(20)26/h12-16,23,27H,9-11,17H2,1-8H3/t23-,25+/m0/s1. The van der Waals surface area contributed by atoms with Crippen LogP contribution in [0, 0.1) is 0 Å². The van der Waals surface area contributed by atoms with Gasteiger partial charge in [-0.05, 0) is 76.7 Å². The first-order valence-electron chi connectivity index (χ1n) is 11.6. The van der Waals surface area contributed by atoms with Crippen molar-refractivity contribution in [1.82, 2.24) is 0 Å². The van der Waals surface area contributed by atoms with Crippen molar-refractivity contribution in [2.24, 2.45) is 0 Å². The van der Waals surface area contributed by atoms with E-state index in [2.05, 4.69) is 78.9 Å². The molecule has 6 heteroatoms. The van der Waals surface area contributed by atoms with Gasteiger partial charge >= 0.3 is 0 Å². The van der Waals surface area contributed by atoms with Crippen molar-refractivity contribution in [3.05, 3.63) is 51.6 Å². The van der Waals surface area contributed by atoms with E-state index in [0.717, 1.165) is 40.4 Å². The van der Waals surface area contributed by atoms with Gasteiger partial charge in [-0.25, -0.2) is 0 Å². The molecule has 2 aliphatic carbocycles. The maximum Gasteiger partial charge on any atom is 0.193 e. The number of benzene rings is 1. The highest BCUT2D eigenvalue weighted by Crippen LogP contribution is 2.56. The predicted molar refractivity (Wildman–Crippen MR) is 137 cm³/mol. The second kappa shape index (κ2) is 8.58. The summed E-state index contributed by atoms with van der Waals surface area (Å²) in [6.45, 7) is 18.2. The fourth-order valence-electron chi connectivity index (χ4n) is 4.55. The van der Waals surface area contributed by atoms with Crippen LogP contribution in [0.15, 0.2) is 29.9 Å². The average Bonchev–Trinajstić information content (AvgIpc) is 3.19. The molecule has 3 nitrogen and oxygen atoms in total. The number of aliphatic hydroxyl groups excluding tert-OH is 1. The molecule has 0 aromatic heterocycles. The van der Waals surface area contributed by atoms with E-state index in [4.69, 9.17) is 20.5 Å². The summed E-state index contributed by atoms with van der Waals surface area (Å²) in [5, 5.41) is 10.7. The highest BCUT2D eigenvalue weighted by Gasteiger charge is 2.57. The highest BCUT2D eigenvalue weighted by atomic mass is 35.5. The van der Waals surface area contributed by atoms with Gasteiger partial charge in [-0.2, -0.15) is 0 Å². The fourth-order valence-corrected chi connectivity index (χ4v) is 9.04. The van der Waals surface area contributed by atoms with Crippen molar-refractivity contribution in [2.45, 2.75) is 96.1 Å². The van der Waals surface area contributed by atoms with Gasteiger partial charge in [-0.15, -0.1) is 0 Å². The van der Waals surface area contributed by atoms with E-state index in [-0.39, 0.29) is 17.7 Å². The molecule has 0 amide bonds. The summed E-state index contributed by atoms with van der Waals surface area (Å²) in [4.78, 5) is 0. The summed E-state index contributed by atoms with van der Waals surface area (Å²) in [5.41, 5.74) is 3.34. The summed E-state index contributed by atoms with van der Waals surface area (Å²) in [6, 6.07) is 7.13. The normalized spacial score (nSPS) is 23.2. The largest absolute Gasteiger partial charge is 0.407 e. The summed E-state index contributed by atoms with van der Waals surface area (Å²) >= 11 is 6.70. The molecule has 3 rings (SSSR count). The number of fused-ring (bicyclic) bond motifs is 3. The van der Waals surface area contributed by atoms with Crippen molar-refractivity contribution in [3.63, 3.8) is 0 Å². The summed E-state index contributed by atoms with van der Waals surface area (Å²) in [5.74, 6) is 0. The van der Waals surface area contributed by atoms with Crippen LogP contribution in [0.4, 0.5) is 0 Å². The molecule has 0 aliphatic heterocycles. The average molecular weight is 479 g/mol. The van der Waals surface area contributed by atoms with Gasteiger partial charge in [0.2, 0.25) is 0 Å². The zero-order valence-corrected chi connectivity index (χ0v) is 23.2. The Hall–Kier alpha value is -0.696. The number of rotatable bonds is 8. The molecule has 1 aromatic carbocycles. The van der Waals surface area contributed by atoms with Crippen LogP contribution >= 0.6 is 11.6 Å². The molecule has 0 fully saturated rings. The van der Waals surface area contributed by atoms with Gasteiger partial charge < -0.3 is 14.0 Å². The third kappa shape index (κ3) is 4.07. The van der Waals surface area contributed by atoms with Crippen LogP contribution in [0.1, 0.15) is 58.2 Å². The van der Waals surface area contributed by atoms with E-state index < -0.39 is 22.2 Å². The van der Waals surface area contributed by atoms with Crippen LogP contribution in [0.25, 0.3) is 6.08 Å². The monoisotopic (exact) mass is 478 g/mol. The second-order valence-electron chi connectivity index (χ2n) is 10.5. The molecule has 0 saturated heterocycles. The minimum absolute atomic E-state index is 0.0441. The van der Waals surface area contributed by atoms with Gasteiger partial charge in [0.05, 0.1) is 6.61 Å². The van der Waals surface area contributed by atoms with Crippen LogP contribution in [-0.2, 0) is 21.1 Å². The lowest BCUT2D eigenvalue weighted by atomic mass is 9.88. The number of hydrogen-bond donors (Lipinski definition) is 1. The topological polar surface area (TPSA) is 38.7 Å². The van der Waals surface area contributed by atoms with Crippen molar-refractivity contribution >= 4 is 34.3 Å². The number of halogens is 1. The molecule has 31 heavy (non-hydrogen) atoms. The molecule has 2 atom stereocenters. The van der Waals surface area contributed by atoms with E-state index in [1.807, 2.05) is 6.07 Å². The minimum atomic E-state index is -2.06. The number of aliphatic hydroxyl groups is 1. The van der Waals surface area contributed by atoms with Gasteiger partial charge in [0.1, 0.15) is 11.7 Å². The molecule has 1 aromatic rings. The third-order valence-corrected chi connectivity index (χ3v) is 17.3. The van der Waals surface area contributed by atoms with Crippen LogP contribution in [0.5, 0.6) is 0 Å². The summed E-state index contributed by atoms with van der Waals surface area (Å²) < 4.78 is 14.4. The predicted octanol–water partition coefficient (Wildman–Crippen LogP) is 7.41. The van der Waals surface area contributed by atoms with Crippen LogP contribution in [-0.4, -0.2) is 27.8 Å². The van der Waals surface area contributed by atoms with E-state index in [1.165, 1.54) is 0 Å². The molecule has 172 valence electrons. The zero-order chi connectivity index (χ0) is 23.2. The van der Waals surface area contributed by atoms with Gasteiger partial charge in [0.15, 0.2) is 16.6 Å². The quantitative estimate of drug-likeness (QED) is 0.395. The lowest BCUT2D eigenvalue weighted by molar-refractivity contribution is 0.00376. The van der Waals surface area contributed by atoms with Gasteiger partial charge in [0, 0.05) is 5.02 Å². The Morgan fingerprint density at radius 3 is 2.23 bits per heavy atom. The molecule has 0 spiro atoms. The Morgan fingerprint density at radius 2 is 1.71 bits per heavy atom. The smallest absolute Gasteiger partial charge is 0.193 e. The van der Waals surface area contributed by atoms with Gasteiger partial charge in [-0.3, -0.25) is 0 Å². The fraction of sp³-hybridized carbons (Fsp3) is 0.600. The number of hydrogen-bond acceptors (Lipinski definition) is 3. The second-order valence-corrected chi connectivity index (χ2v) is 20.4. The molecular formula is C25H39ClO3Si2. The Labute approximate surface area is 195 Å². The molecule has 0 saturated carbocycles. The summed E-state index contributed by atoms with van der Waals surface area (Å²) in [7, 11) is -4.07. The Balaban J connectivity index is 2.22. The van der Waals surface area contributed by atoms with Crippen LogP contribution < -0.4 is 0 Å². The van der Waals surface area contributed by atoms with Gasteiger partial charge in [-0.1, -0.05) is 65.3 Å². The van der Waals surface area contributed by atoms with Crippen LogP contribution in [0.3, 0.4) is 0 Å². The van der Waals surface area contributed by atoms with E-state index in [1.54, 1.807) is 0 Å². The minimum Gasteiger partial charge on any atom is -0.407 e. The van der Waals surface area contributed by atoms with Crippen molar-refractivity contribution in [3.8, 4) is 0 Å².